The van der Waals surface area contributed by atoms with Crippen LogP contribution < -0.4 is 4.74 Å². The highest BCUT2D eigenvalue weighted by atomic mass is 19.4. The van der Waals surface area contributed by atoms with E-state index >= 15 is 0 Å². The van der Waals surface area contributed by atoms with Gasteiger partial charge in [0.2, 0.25) is 0 Å². The van der Waals surface area contributed by atoms with E-state index in [1.54, 1.807) is 0 Å². The predicted octanol–water partition coefficient (Wildman–Crippen LogP) is 2.53. The number of carbonyl (C=O) groups excluding carboxylic acids is 1. The largest absolute Gasteiger partial charge is 0.496 e. The molecule has 0 aliphatic carbocycles. The van der Waals surface area contributed by atoms with Crippen LogP contribution >= 0.6 is 0 Å². The van der Waals surface area contributed by atoms with Gasteiger partial charge in [0.05, 0.1) is 7.11 Å². The fourth-order valence-electron chi connectivity index (χ4n) is 1.12. The first-order chi connectivity index (χ1) is 6.50. The van der Waals surface area contributed by atoms with E-state index in [-0.39, 0.29) is 12.0 Å². The van der Waals surface area contributed by atoms with Crippen LogP contribution in [0.3, 0.4) is 0 Å². The second-order valence-electron chi connectivity index (χ2n) is 2.54. The zero-order valence-corrected chi connectivity index (χ0v) is 7.26. The number of benzene rings is 1. The molecule has 0 N–H and O–H groups in total. The second-order valence-corrected chi connectivity index (χ2v) is 2.54. The summed E-state index contributed by atoms with van der Waals surface area (Å²) in [5.41, 5.74) is -1.45. The number of ether oxygens (including phenoxy) is 1. The fraction of sp³-hybridized carbons (Fsp3) is 0.222. The lowest BCUT2D eigenvalue weighted by Crippen LogP contribution is -2.10. The molecule has 0 heterocycles. The minimum Gasteiger partial charge on any atom is -0.496 e. The highest BCUT2D eigenvalue weighted by molar-refractivity contribution is 5.79. The van der Waals surface area contributed by atoms with E-state index in [9.17, 15) is 18.0 Å². The van der Waals surface area contributed by atoms with Gasteiger partial charge in [-0.05, 0) is 6.07 Å². The lowest BCUT2D eigenvalue weighted by Gasteiger charge is -2.13. The van der Waals surface area contributed by atoms with Gasteiger partial charge in [-0.15, -0.1) is 0 Å². The molecule has 0 spiro atoms. The number of alkyl halides is 3. The molecule has 1 rings (SSSR count). The maximum absolute atomic E-state index is 12.4. The van der Waals surface area contributed by atoms with Crippen LogP contribution in [0.25, 0.3) is 0 Å². The van der Waals surface area contributed by atoms with Gasteiger partial charge in [-0.3, -0.25) is 4.79 Å². The highest BCUT2D eigenvalue weighted by Gasteiger charge is 2.36. The van der Waals surface area contributed by atoms with E-state index in [1.165, 1.54) is 6.07 Å². The molecule has 0 aliphatic rings. The molecule has 0 radical (unpaired) electrons. The van der Waals surface area contributed by atoms with Gasteiger partial charge in [-0.1, -0.05) is 12.1 Å². The molecule has 0 saturated heterocycles. The van der Waals surface area contributed by atoms with Crippen LogP contribution in [0.1, 0.15) is 15.9 Å². The predicted molar refractivity (Wildman–Crippen MR) is 43.4 cm³/mol. The van der Waals surface area contributed by atoms with Crippen LogP contribution in [0.2, 0.25) is 0 Å². The van der Waals surface area contributed by atoms with Gasteiger partial charge >= 0.3 is 6.18 Å². The normalized spacial score (nSPS) is 11.1. The first kappa shape index (κ1) is 10.6. The Bertz CT molecular complexity index is 344. The Morgan fingerprint density at radius 2 is 2.00 bits per heavy atom. The lowest BCUT2D eigenvalue weighted by molar-refractivity contribution is -0.139. The molecule has 0 bridgehead atoms. The fourth-order valence-corrected chi connectivity index (χ4v) is 1.12. The molecule has 0 saturated carbocycles. The molecule has 76 valence electrons. The first-order valence-electron chi connectivity index (χ1n) is 3.70. The third kappa shape index (κ3) is 1.86. The number of halogens is 3. The Balaban J connectivity index is 3.41. The van der Waals surface area contributed by atoms with E-state index in [4.69, 9.17) is 0 Å². The number of hydrogen-bond acceptors (Lipinski definition) is 2. The number of aldehydes is 1. The van der Waals surface area contributed by atoms with Gasteiger partial charge < -0.3 is 4.74 Å². The first-order valence-corrected chi connectivity index (χ1v) is 3.70. The SMILES string of the molecule is COc1cccc(C=O)c1C(F)(F)F. The maximum Gasteiger partial charge on any atom is 0.420 e. The molecule has 1 aromatic rings. The quantitative estimate of drug-likeness (QED) is 0.692. The molecule has 0 aliphatic heterocycles. The van der Waals surface area contributed by atoms with Crippen molar-refractivity contribution in [1.29, 1.82) is 0 Å². The van der Waals surface area contributed by atoms with Crippen molar-refractivity contribution in [2.45, 2.75) is 6.18 Å². The Kier molecular flexibility index (Phi) is 2.78. The average Bonchev–Trinajstić information content (AvgIpc) is 2.15. The van der Waals surface area contributed by atoms with Gasteiger partial charge in [-0.2, -0.15) is 13.2 Å². The molecule has 0 amide bonds. The summed E-state index contributed by atoms with van der Waals surface area (Å²) < 4.78 is 41.9. The standard InChI is InChI=1S/C9H7F3O2/c1-14-7-4-2-3-6(5-13)8(7)9(10,11)12/h2-5H,1H3. The van der Waals surface area contributed by atoms with Gasteiger partial charge in [0.15, 0.2) is 6.29 Å². The minimum atomic E-state index is -4.58. The van der Waals surface area contributed by atoms with Gasteiger partial charge in [-0.25, -0.2) is 0 Å². The topological polar surface area (TPSA) is 26.3 Å². The molecule has 5 heteroatoms. The summed E-state index contributed by atoms with van der Waals surface area (Å²) in [6.07, 6.45) is -4.42. The van der Waals surface area contributed by atoms with E-state index in [0.717, 1.165) is 19.2 Å². The van der Waals surface area contributed by atoms with Crippen LogP contribution in [0, 0.1) is 0 Å². The highest BCUT2D eigenvalue weighted by Crippen LogP contribution is 2.37. The Hall–Kier alpha value is -1.52. The van der Waals surface area contributed by atoms with Crippen LogP contribution in [-0.4, -0.2) is 13.4 Å². The molecular formula is C9H7F3O2. The van der Waals surface area contributed by atoms with Gasteiger partial charge in [0.1, 0.15) is 11.3 Å². The van der Waals surface area contributed by atoms with E-state index in [2.05, 4.69) is 4.74 Å². The van der Waals surface area contributed by atoms with E-state index < -0.39 is 17.3 Å². The van der Waals surface area contributed by atoms with Crippen molar-refractivity contribution >= 4 is 6.29 Å². The van der Waals surface area contributed by atoms with Crippen molar-refractivity contribution in [2.75, 3.05) is 7.11 Å². The number of rotatable bonds is 2. The van der Waals surface area contributed by atoms with Crippen molar-refractivity contribution in [3.63, 3.8) is 0 Å². The molecule has 0 aromatic heterocycles. The maximum atomic E-state index is 12.4. The molecule has 2 nitrogen and oxygen atoms in total. The Morgan fingerprint density at radius 3 is 2.43 bits per heavy atom. The number of hydrogen-bond donors (Lipinski definition) is 0. The zero-order valence-electron chi connectivity index (χ0n) is 7.26. The zero-order chi connectivity index (χ0) is 10.8. The summed E-state index contributed by atoms with van der Waals surface area (Å²) in [6, 6.07) is 3.59. The van der Waals surface area contributed by atoms with Crippen molar-refractivity contribution in [1.82, 2.24) is 0 Å². The molecule has 0 atom stereocenters. The molecule has 0 unspecified atom stereocenters. The summed E-state index contributed by atoms with van der Waals surface area (Å²) in [4.78, 5) is 10.4. The molecular weight excluding hydrogens is 197 g/mol. The van der Waals surface area contributed by atoms with Crippen LogP contribution in [0.15, 0.2) is 18.2 Å². The van der Waals surface area contributed by atoms with E-state index in [1.807, 2.05) is 0 Å². The Morgan fingerprint density at radius 1 is 1.36 bits per heavy atom. The van der Waals surface area contributed by atoms with Crippen molar-refractivity contribution in [2.24, 2.45) is 0 Å². The van der Waals surface area contributed by atoms with Crippen LogP contribution in [-0.2, 0) is 6.18 Å². The van der Waals surface area contributed by atoms with Crippen LogP contribution in [0.4, 0.5) is 13.2 Å². The minimum absolute atomic E-state index is 0.158. The summed E-state index contributed by atoms with van der Waals surface area (Å²) in [5.74, 6) is -0.345. The van der Waals surface area contributed by atoms with E-state index in [0.29, 0.717) is 0 Å². The summed E-state index contributed by atoms with van der Waals surface area (Å²) >= 11 is 0. The third-order valence-electron chi connectivity index (χ3n) is 1.69. The number of carbonyl (C=O) groups is 1. The monoisotopic (exact) mass is 204 g/mol. The molecule has 0 fully saturated rings. The van der Waals surface area contributed by atoms with Crippen molar-refractivity contribution in [3.05, 3.63) is 29.3 Å². The second kappa shape index (κ2) is 3.69. The van der Waals surface area contributed by atoms with Gasteiger partial charge in [0.25, 0.3) is 0 Å². The van der Waals surface area contributed by atoms with Crippen molar-refractivity contribution < 1.29 is 22.7 Å². The van der Waals surface area contributed by atoms with Gasteiger partial charge in [0, 0.05) is 5.56 Å². The third-order valence-corrected chi connectivity index (χ3v) is 1.69. The Labute approximate surface area is 78.3 Å². The van der Waals surface area contributed by atoms with Crippen LogP contribution in [0.5, 0.6) is 5.75 Å². The van der Waals surface area contributed by atoms with Crippen molar-refractivity contribution in [3.8, 4) is 5.75 Å². The average molecular weight is 204 g/mol. The lowest BCUT2D eigenvalue weighted by atomic mass is 10.1. The molecule has 1 aromatic carbocycles. The number of methoxy groups -OCH3 is 1. The summed E-state index contributed by atoms with van der Waals surface area (Å²) in [6.45, 7) is 0. The summed E-state index contributed by atoms with van der Waals surface area (Å²) in [5, 5.41) is 0. The summed E-state index contributed by atoms with van der Waals surface area (Å²) in [7, 11) is 1.12. The molecule has 14 heavy (non-hydrogen) atoms. The smallest absolute Gasteiger partial charge is 0.420 e.